The van der Waals surface area contributed by atoms with Gasteiger partial charge in [-0.2, -0.15) is 0 Å². The molecule has 0 unspecified atom stereocenters. The molecule has 138 valence electrons. The number of aliphatic carboxylic acids is 1. The maximum absolute atomic E-state index is 12.4. The Bertz CT molecular complexity index is 646. The fraction of sp³-hybridized carbons (Fsp3) is 0.600. The van der Waals surface area contributed by atoms with Crippen LogP contribution in [0.1, 0.15) is 64.5 Å². The van der Waals surface area contributed by atoms with E-state index < -0.39 is 11.6 Å². The standard InChI is InChI=1S/C20H29NO4/c1-13(2)10-16(12-18(22)23)14-6-7-17-15(11-14)8-9-21(17)19(24)25-20(3,4)5/h6-7,11,13,16H,8-10,12H2,1-5H3,(H,22,23)/t16-/m1/s1. The van der Waals surface area contributed by atoms with Gasteiger partial charge in [0, 0.05) is 6.54 Å². The summed E-state index contributed by atoms with van der Waals surface area (Å²) in [6.45, 7) is 10.4. The van der Waals surface area contributed by atoms with Gasteiger partial charge in [-0.05, 0) is 62.6 Å². The number of carbonyl (C=O) groups is 2. The van der Waals surface area contributed by atoms with Crippen molar-refractivity contribution in [1.82, 2.24) is 0 Å². The van der Waals surface area contributed by atoms with E-state index in [1.165, 1.54) is 0 Å². The van der Waals surface area contributed by atoms with Crippen LogP contribution in [0, 0.1) is 5.92 Å². The van der Waals surface area contributed by atoms with E-state index in [-0.39, 0.29) is 18.4 Å². The van der Waals surface area contributed by atoms with Crippen molar-refractivity contribution in [2.24, 2.45) is 5.92 Å². The van der Waals surface area contributed by atoms with Crippen molar-refractivity contribution in [3.05, 3.63) is 29.3 Å². The number of carboxylic acids is 1. The van der Waals surface area contributed by atoms with Crippen molar-refractivity contribution in [2.45, 2.75) is 65.4 Å². The second-order valence-corrected chi connectivity index (χ2v) is 8.19. The SMILES string of the molecule is CC(C)C[C@H](CC(=O)O)c1ccc2c(c1)CCN2C(=O)OC(C)(C)C. The Morgan fingerprint density at radius 3 is 2.52 bits per heavy atom. The van der Waals surface area contributed by atoms with Crippen LogP contribution < -0.4 is 4.90 Å². The van der Waals surface area contributed by atoms with Crippen LogP contribution in [0.15, 0.2) is 18.2 Å². The highest BCUT2D eigenvalue weighted by molar-refractivity contribution is 5.90. The first-order chi connectivity index (χ1) is 11.6. The summed E-state index contributed by atoms with van der Waals surface area (Å²) in [4.78, 5) is 25.2. The third-order valence-electron chi connectivity index (χ3n) is 4.26. The molecule has 5 heteroatoms. The molecule has 1 aromatic rings. The van der Waals surface area contributed by atoms with E-state index in [0.717, 1.165) is 29.7 Å². The third kappa shape index (κ3) is 5.21. The fourth-order valence-corrected chi connectivity index (χ4v) is 3.30. The van der Waals surface area contributed by atoms with E-state index in [4.69, 9.17) is 4.74 Å². The first kappa shape index (κ1) is 19.3. The number of carbonyl (C=O) groups excluding carboxylic acids is 1. The average molecular weight is 347 g/mol. The highest BCUT2D eigenvalue weighted by Crippen LogP contribution is 2.35. The second-order valence-electron chi connectivity index (χ2n) is 8.19. The summed E-state index contributed by atoms with van der Waals surface area (Å²) in [5, 5.41) is 9.21. The predicted octanol–water partition coefficient (Wildman–Crippen LogP) is 4.59. The Kier molecular flexibility index (Phi) is 5.76. The van der Waals surface area contributed by atoms with Crippen molar-refractivity contribution >= 4 is 17.7 Å². The minimum atomic E-state index is -0.776. The number of amides is 1. The number of nitrogens with zero attached hydrogens (tertiary/aromatic N) is 1. The van der Waals surface area contributed by atoms with E-state index in [2.05, 4.69) is 19.9 Å². The van der Waals surface area contributed by atoms with Crippen LogP contribution in [0.5, 0.6) is 0 Å². The Hall–Kier alpha value is -2.04. The number of ether oxygens (including phenoxy) is 1. The molecule has 1 amide bonds. The third-order valence-corrected chi connectivity index (χ3v) is 4.26. The van der Waals surface area contributed by atoms with Gasteiger partial charge in [-0.25, -0.2) is 4.79 Å². The molecule has 0 aliphatic carbocycles. The number of hydrogen-bond donors (Lipinski definition) is 1. The van der Waals surface area contributed by atoms with Crippen molar-refractivity contribution < 1.29 is 19.4 Å². The van der Waals surface area contributed by atoms with E-state index in [1.54, 1.807) is 4.90 Å². The molecule has 0 fully saturated rings. The van der Waals surface area contributed by atoms with Gasteiger partial charge in [0.2, 0.25) is 0 Å². The van der Waals surface area contributed by atoms with E-state index in [1.807, 2.05) is 32.9 Å². The zero-order chi connectivity index (χ0) is 18.8. The minimum absolute atomic E-state index is 0.00150. The molecule has 1 aromatic carbocycles. The van der Waals surface area contributed by atoms with Crippen molar-refractivity contribution in [1.29, 1.82) is 0 Å². The Balaban J connectivity index is 2.22. The molecule has 1 heterocycles. The molecule has 25 heavy (non-hydrogen) atoms. The van der Waals surface area contributed by atoms with Crippen molar-refractivity contribution in [3.63, 3.8) is 0 Å². The van der Waals surface area contributed by atoms with Crippen LogP contribution in [0.3, 0.4) is 0 Å². The largest absolute Gasteiger partial charge is 0.481 e. The molecule has 0 radical (unpaired) electrons. The zero-order valence-corrected chi connectivity index (χ0v) is 15.8. The summed E-state index contributed by atoms with van der Waals surface area (Å²) < 4.78 is 5.47. The normalized spacial score (nSPS) is 15.2. The average Bonchev–Trinajstić information content (AvgIpc) is 2.86. The lowest BCUT2D eigenvalue weighted by Gasteiger charge is -2.25. The van der Waals surface area contributed by atoms with Crippen LogP contribution in [0.25, 0.3) is 0 Å². The summed E-state index contributed by atoms with van der Waals surface area (Å²) in [7, 11) is 0. The van der Waals surface area contributed by atoms with Gasteiger partial charge in [0.25, 0.3) is 0 Å². The van der Waals surface area contributed by atoms with Gasteiger partial charge in [0.05, 0.1) is 12.1 Å². The molecular formula is C20H29NO4. The molecule has 1 N–H and O–H groups in total. The highest BCUT2D eigenvalue weighted by atomic mass is 16.6. The Morgan fingerprint density at radius 2 is 1.96 bits per heavy atom. The lowest BCUT2D eigenvalue weighted by atomic mass is 9.87. The van der Waals surface area contributed by atoms with Crippen molar-refractivity contribution in [2.75, 3.05) is 11.4 Å². The Labute approximate surface area is 150 Å². The first-order valence-corrected chi connectivity index (χ1v) is 8.92. The Morgan fingerprint density at radius 1 is 1.28 bits per heavy atom. The number of hydrogen-bond acceptors (Lipinski definition) is 3. The number of rotatable bonds is 5. The van der Waals surface area contributed by atoms with Gasteiger partial charge >= 0.3 is 12.1 Å². The molecule has 0 spiro atoms. The van der Waals surface area contributed by atoms with Gasteiger partial charge in [-0.1, -0.05) is 26.0 Å². The number of fused-ring (bicyclic) bond motifs is 1. The molecule has 1 aliphatic rings. The summed E-state index contributed by atoms with van der Waals surface area (Å²) in [5.74, 6) is -0.351. The molecular weight excluding hydrogens is 318 g/mol. The van der Waals surface area contributed by atoms with Gasteiger partial charge in [-0.15, -0.1) is 0 Å². The summed E-state index contributed by atoms with van der Waals surface area (Å²) in [6.07, 6.45) is 1.40. The van der Waals surface area contributed by atoms with Crippen LogP contribution in [0.4, 0.5) is 10.5 Å². The maximum Gasteiger partial charge on any atom is 0.414 e. The molecule has 0 saturated carbocycles. The molecule has 1 atom stereocenters. The van der Waals surface area contributed by atoms with Gasteiger partial charge in [-0.3, -0.25) is 9.69 Å². The smallest absolute Gasteiger partial charge is 0.414 e. The van der Waals surface area contributed by atoms with Gasteiger partial charge in [0.15, 0.2) is 0 Å². The first-order valence-electron chi connectivity index (χ1n) is 8.92. The number of anilines is 1. The summed E-state index contributed by atoms with van der Waals surface area (Å²) in [6, 6.07) is 5.95. The second kappa shape index (κ2) is 7.46. The molecule has 1 aliphatic heterocycles. The summed E-state index contributed by atoms with van der Waals surface area (Å²) >= 11 is 0. The highest BCUT2D eigenvalue weighted by Gasteiger charge is 2.29. The molecule has 5 nitrogen and oxygen atoms in total. The molecule has 2 rings (SSSR count). The van der Waals surface area contributed by atoms with Crippen LogP contribution in [-0.2, 0) is 16.0 Å². The van der Waals surface area contributed by atoms with E-state index in [9.17, 15) is 14.7 Å². The van der Waals surface area contributed by atoms with E-state index >= 15 is 0 Å². The number of carboxylic acid groups (broad SMARTS) is 1. The molecule has 0 aromatic heterocycles. The quantitative estimate of drug-likeness (QED) is 0.846. The summed E-state index contributed by atoms with van der Waals surface area (Å²) in [5.41, 5.74) is 2.48. The topological polar surface area (TPSA) is 66.8 Å². The molecule has 0 bridgehead atoms. The molecule has 0 saturated heterocycles. The predicted molar refractivity (Wildman–Crippen MR) is 98.2 cm³/mol. The van der Waals surface area contributed by atoms with Crippen LogP contribution in [0.2, 0.25) is 0 Å². The van der Waals surface area contributed by atoms with Gasteiger partial charge in [0.1, 0.15) is 5.60 Å². The van der Waals surface area contributed by atoms with Crippen LogP contribution in [-0.4, -0.2) is 29.3 Å². The lowest BCUT2D eigenvalue weighted by Crippen LogP contribution is -2.35. The number of benzene rings is 1. The maximum atomic E-state index is 12.4. The minimum Gasteiger partial charge on any atom is -0.481 e. The van der Waals surface area contributed by atoms with Crippen molar-refractivity contribution in [3.8, 4) is 0 Å². The monoisotopic (exact) mass is 347 g/mol. The van der Waals surface area contributed by atoms with Gasteiger partial charge < -0.3 is 9.84 Å². The van der Waals surface area contributed by atoms with E-state index in [0.29, 0.717) is 12.5 Å². The van der Waals surface area contributed by atoms with Crippen LogP contribution >= 0.6 is 0 Å². The fourth-order valence-electron chi connectivity index (χ4n) is 3.30. The zero-order valence-electron chi connectivity index (χ0n) is 15.8. The lowest BCUT2D eigenvalue weighted by molar-refractivity contribution is -0.137.